The largest absolute Gasteiger partial charge is 0.456 e. The molecule has 3 heterocycles. The number of aryl methyl sites for hydroxylation is 1. The number of benzene rings is 10. The molecule has 1 aromatic heterocycles. The standard InChI is InChI=1S/C65H47BN2O/c1-38-29-52-49-34-51-50-31-41-17-9-10-18-42(41)32-61(50)69-62(51)37-58(49)68(43-25-23-40(24-26-43)39-15-7-6-8-16-39)66-57-36-56-48(46-20-12-14-22-54(46)65(56,4)5)35-59(57)67(60(30-38)63(52)66)44-27-28-55-47(33-44)45-19-11-13-21-53(45)64(55,2)3/h6-37H,1-5H3. The predicted molar refractivity (Wildman–Crippen MR) is 290 cm³/mol. The van der Waals surface area contributed by atoms with Crippen molar-refractivity contribution in [1.29, 1.82) is 0 Å². The molecule has 0 amide bonds. The zero-order chi connectivity index (χ0) is 46.1. The summed E-state index contributed by atoms with van der Waals surface area (Å²) in [6.45, 7) is 11.7. The van der Waals surface area contributed by atoms with Crippen LogP contribution in [0.4, 0.5) is 28.4 Å². The molecule has 0 saturated carbocycles. The Morgan fingerprint density at radius 3 is 1.75 bits per heavy atom. The number of anilines is 5. The van der Waals surface area contributed by atoms with Gasteiger partial charge < -0.3 is 14.1 Å². The van der Waals surface area contributed by atoms with Gasteiger partial charge in [0.05, 0.1) is 0 Å². The Bertz CT molecular complexity index is 4050. The molecule has 0 saturated heterocycles. The van der Waals surface area contributed by atoms with Crippen LogP contribution in [0.3, 0.4) is 0 Å². The van der Waals surface area contributed by atoms with Gasteiger partial charge in [0.15, 0.2) is 0 Å². The summed E-state index contributed by atoms with van der Waals surface area (Å²) in [7, 11) is 0. The maximum absolute atomic E-state index is 6.92. The molecular weight excluding hydrogens is 836 g/mol. The van der Waals surface area contributed by atoms with E-state index in [1.165, 1.54) is 111 Å². The molecule has 15 rings (SSSR count). The van der Waals surface area contributed by atoms with Crippen LogP contribution in [0.2, 0.25) is 0 Å². The number of nitrogens with zero attached hydrogens (tertiary/aromatic N) is 2. The molecule has 0 fully saturated rings. The highest BCUT2D eigenvalue weighted by molar-refractivity contribution is 6.93. The van der Waals surface area contributed by atoms with Gasteiger partial charge in [0.25, 0.3) is 0 Å². The van der Waals surface area contributed by atoms with Crippen LogP contribution in [0.1, 0.15) is 55.5 Å². The van der Waals surface area contributed by atoms with Crippen LogP contribution < -0.4 is 20.6 Å². The second-order valence-corrected chi connectivity index (χ2v) is 21.0. The normalized spacial score (nSPS) is 15.2. The van der Waals surface area contributed by atoms with Gasteiger partial charge in [-0.1, -0.05) is 161 Å². The summed E-state index contributed by atoms with van der Waals surface area (Å²) in [6.07, 6.45) is 0. The zero-order valence-electron chi connectivity index (χ0n) is 39.4. The lowest BCUT2D eigenvalue weighted by molar-refractivity contribution is 0.660. The van der Waals surface area contributed by atoms with Crippen LogP contribution in [-0.2, 0) is 10.8 Å². The Labute approximate surface area is 403 Å². The molecule has 0 bridgehead atoms. The van der Waals surface area contributed by atoms with Gasteiger partial charge in [-0.25, -0.2) is 0 Å². The second-order valence-electron chi connectivity index (χ2n) is 21.0. The summed E-state index contributed by atoms with van der Waals surface area (Å²) in [4.78, 5) is 5.24. The molecule has 3 nitrogen and oxygen atoms in total. The van der Waals surface area contributed by atoms with Crippen molar-refractivity contribution in [1.82, 2.24) is 0 Å². The van der Waals surface area contributed by atoms with E-state index >= 15 is 0 Å². The van der Waals surface area contributed by atoms with Gasteiger partial charge in [0, 0.05) is 61.7 Å². The van der Waals surface area contributed by atoms with Crippen molar-refractivity contribution in [3.63, 3.8) is 0 Å². The molecule has 11 aromatic rings. The van der Waals surface area contributed by atoms with E-state index in [0.717, 1.165) is 33.3 Å². The molecule has 2 aliphatic carbocycles. The lowest BCUT2D eigenvalue weighted by atomic mass is 9.43. The lowest BCUT2D eigenvalue weighted by Gasteiger charge is -2.46. The first-order valence-electron chi connectivity index (χ1n) is 24.4. The zero-order valence-corrected chi connectivity index (χ0v) is 39.4. The highest BCUT2D eigenvalue weighted by atomic mass is 16.3. The van der Waals surface area contributed by atoms with E-state index in [1.54, 1.807) is 0 Å². The fraction of sp³-hybridized carbons (Fsp3) is 0.108. The molecule has 0 spiro atoms. The Morgan fingerprint density at radius 1 is 0.406 bits per heavy atom. The number of furan rings is 1. The van der Waals surface area contributed by atoms with Crippen LogP contribution in [-0.4, -0.2) is 6.85 Å². The molecule has 69 heavy (non-hydrogen) atoms. The molecular formula is C65H47BN2O. The van der Waals surface area contributed by atoms with Crippen molar-refractivity contribution in [3.05, 3.63) is 222 Å². The summed E-state index contributed by atoms with van der Waals surface area (Å²) in [5.74, 6) is 0. The maximum Gasteiger partial charge on any atom is 0.333 e. The summed E-state index contributed by atoms with van der Waals surface area (Å²) in [5.41, 5.74) is 26.9. The Kier molecular flexibility index (Phi) is 7.65. The molecule has 0 atom stereocenters. The van der Waals surface area contributed by atoms with E-state index in [-0.39, 0.29) is 17.7 Å². The third-order valence-electron chi connectivity index (χ3n) is 16.4. The first kappa shape index (κ1) is 39.0. The first-order chi connectivity index (χ1) is 33.6. The third-order valence-corrected chi connectivity index (χ3v) is 16.4. The number of rotatable bonds is 3. The predicted octanol–water partition coefficient (Wildman–Crippen LogP) is 16.0. The van der Waals surface area contributed by atoms with Crippen LogP contribution >= 0.6 is 0 Å². The van der Waals surface area contributed by atoms with Gasteiger partial charge >= 0.3 is 6.85 Å². The number of hydrogen-bond acceptors (Lipinski definition) is 3. The fourth-order valence-electron chi connectivity index (χ4n) is 13.1. The van der Waals surface area contributed by atoms with Crippen LogP contribution in [0.25, 0.3) is 77.2 Å². The topological polar surface area (TPSA) is 19.6 Å². The van der Waals surface area contributed by atoms with Crippen molar-refractivity contribution >= 4 is 78.9 Å². The van der Waals surface area contributed by atoms with Gasteiger partial charge in [-0.05, 0) is 150 Å². The van der Waals surface area contributed by atoms with E-state index in [9.17, 15) is 0 Å². The van der Waals surface area contributed by atoms with Gasteiger partial charge in [0.2, 0.25) is 0 Å². The Hall–Kier alpha value is -8.08. The molecule has 326 valence electrons. The van der Waals surface area contributed by atoms with Crippen molar-refractivity contribution < 1.29 is 4.42 Å². The Balaban J connectivity index is 1.05. The maximum atomic E-state index is 6.92. The molecule has 0 radical (unpaired) electrons. The van der Waals surface area contributed by atoms with Crippen LogP contribution in [0.5, 0.6) is 0 Å². The first-order valence-corrected chi connectivity index (χ1v) is 24.4. The smallest absolute Gasteiger partial charge is 0.333 e. The number of fused-ring (bicyclic) bond motifs is 14. The molecule has 0 N–H and O–H groups in total. The average molecular weight is 883 g/mol. The van der Waals surface area contributed by atoms with Crippen LogP contribution in [0.15, 0.2) is 199 Å². The summed E-state index contributed by atoms with van der Waals surface area (Å²) in [6, 6.07) is 73.2. The van der Waals surface area contributed by atoms with Crippen molar-refractivity contribution in [2.45, 2.75) is 45.4 Å². The minimum Gasteiger partial charge on any atom is -0.456 e. The molecule has 2 aliphatic heterocycles. The molecule has 0 unspecified atom stereocenters. The van der Waals surface area contributed by atoms with Crippen molar-refractivity contribution in [3.8, 4) is 44.5 Å². The quantitative estimate of drug-likeness (QED) is 0.165. The van der Waals surface area contributed by atoms with E-state index in [1.807, 2.05) is 0 Å². The highest BCUT2D eigenvalue weighted by Gasteiger charge is 2.48. The monoisotopic (exact) mass is 882 g/mol. The Morgan fingerprint density at radius 2 is 1.00 bits per heavy atom. The van der Waals surface area contributed by atoms with Crippen LogP contribution in [0, 0.1) is 6.92 Å². The van der Waals surface area contributed by atoms with Gasteiger partial charge in [-0.15, -0.1) is 0 Å². The van der Waals surface area contributed by atoms with E-state index in [4.69, 9.17) is 4.42 Å². The van der Waals surface area contributed by atoms with Crippen molar-refractivity contribution in [2.75, 3.05) is 9.71 Å². The second kappa shape index (κ2) is 13.5. The fourth-order valence-corrected chi connectivity index (χ4v) is 13.1. The molecule has 4 heteroatoms. The van der Waals surface area contributed by atoms with E-state index in [2.05, 4.69) is 238 Å². The minimum atomic E-state index is -0.191. The SMILES string of the molecule is Cc1cc2c3c(c1)N(c1ccc4c(c1)-c1ccccc1C4(C)C)c1cc4c(cc1B3N(c1ccc(-c3ccccc3)cc1)c1cc3oc5cc6ccccc6cc5c3cc1-2)C(C)(C)c1ccccc1-4. The third kappa shape index (κ3) is 5.24. The van der Waals surface area contributed by atoms with E-state index < -0.39 is 0 Å². The summed E-state index contributed by atoms with van der Waals surface area (Å²) < 4.78 is 6.92. The molecule has 4 aliphatic rings. The van der Waals surface area contributed by atoms with E-state index in [0.29, 0.717) is 0 Å². The van der Waals surface area contributed by atoms with Gasteiger partial charge in [0.1, 0.15) is 11.2 Å². The average Bonchev–Trinajstić information content (AvgIpc) is 3.92. The number of hydrogen-bond donors (Lipinski definition) is 0. The summed E-state index contributed by atoms with van der Waals surface area (Å²) >= 11 is 0. The van der Waals surface area contributed by atoms with Gasteiger partial charge in [-0.2, -0.15) is 0 Å². The minimum absolute atomic E-state index is 0.0941. The highest BCUT2D eigenvalue weighted by Crippen LogP contribution is 2.55. The lowest BCUT2D eigenvalue weighted by Crippen LogP contribution is -2.61. The van der Waals surface area contributed by atoms with Gasteiger partial charge in [-0.3, -0.25) is 0 Å². The molecule has 10 aromatic carbocycles. The van der Waals surface area contributed by atoms with Crippen molar-refractivity contribution in [2.24, 2.45) is 0 Å². The summed E-state index contributed by atoms with van der Waals surface area (Å²) in [5, 5.41) is 4.66.